The Balaban J connectivity index is 2.01. The summed E-state index contributed by atoms with van der Waals surface area (Å²) in [5.41, 5.74) is 0.409. The Bertz CT molecular complexity index is 752. The molecule has 2 N–H and O–H groups in total. The van der Waals surface area contributed by atoms with Crippen LogP contribution in [0.5, 0.6) is 0 Å². The summed E-state index contributed by atoms with van der Waals surface area (Å²) < 4.78 is 25.7. The maximum atomic E-state index is 12.3. The Morgan fingerprint density at radius 2 is 1.96 bits per heavy atom. The lowest BCUT2D eigenvalue weighted by atomic mass is 9.78. The van der Waals surface area contributed by atoms with Gasteiger partial charge in [0, 0.05) is 25.8 Å². The predicted octanol–water partition coefficient (Wildman–Crippen LogP) is 2.94. The van der Waals surface area contributed by atoms with Crippen LogP contribution in [0.25, 0.3) is 0 Å². The van der Waals surface area contributed by atoms with E-state index in [1.54, 1.807) is 6.07 Å². The van der Waals surface area contributed by atoms with Crippen molar-refractivity contribution in [3.63, 3.8) is 0 Å². The van der Waals surface area contributed by atoms with Crippen LogP contribution < -0.4 is 10.6 Å². The van der Waals surface area contributed by atoms with Gasteiger partial charge in [0.25, 0.3) is 0 Å². The Labute approximate surface area is 161 Å². The lowest BCUT2D eigenvalue weighted by molar-refractivity contribution is -0.115. The third-order valence-electron chi connectivity index (χ3n) is 5.21. The molecule has 3 atom stereocenters. The molecule has 1 fully saturated rings. The molecule has 6 nitrogen and oxygen atoms in total. The van der Waals surface area contributed by atoms with Crippen molar-refractivity contribution in [2.75, 3.05) is 26.0 Å². The van der Waals surface area contributed by atoms with Crippen molar-refractivity contribution in [1.29, 1.82) is 0 Å². The molecule has 3 unspecified atom stereocenters. The molecule has 1 aromatic rings. The summed E-state index contributed by atoms with van der Waals surface area (Å²) in [5.74, 6) is 0.981. The third kappa shape index (κ3) is 4.97. The van der Waals surface area contributed by atoms with Crippen molar-refractivity contribution in [3.8, 4) is 0 Å². The first kappa shape index (κ1) is 21.2. The molecule has 0 radical (unpaired) electrons. The SMILES string of the molecule is CC1CCCC(NCC(=O)Nc2ccc(Cl)c(S(=O)(=O)N(C)C)c2)C1C. The van der Waals surface area contributed by atoms with Crippen molar-refractivity contribution >= 4 is 33.2 Å². The van der Waals surface area contributed by atoms with Crippen LogP contribution in [-0.2, 0) is 14.8 Å². The molecule has 1 aromatic carbocycles. The highest BCUT2D eigenvalue weighted by atomic mass is 35.5. The van der Waals surface area contributed by atoms with Crippen LogP contribution in [0, 0.1) is 11.8 Å². The summed E-state index contributed by atoms with van der Waals surface area (Å²) in [6, 6.07) is 4.80. The highest BCUT2D eigenvalue weighted by Crippen LogP contribution is 2.29. The number of carbonyl (C=O) groups excluding carboxylic acids is 1. The first-order valence-electron chi connectivity index (χ1n) is 8.88. The van der Waals surface area contributed by atoms with Gasteiger partial charge in [-0.25, -0.2) is 12.7 Å². The van der Waals surface area contributed by atoms with Crippen LogP contribution in [0.2, 0.25) is 5.02 Å². The van der Waals surface area contributed by atoms with Gasteiger partial charge in [0.1, 0.15) is 4.90 Å². The molecule has 1 aliphatic rings. The molecule has 1 aliphatic carbocycles. The second kappa shape index (κ2) is 8.69. The fraction of sp³-hybridized carbons (Fsp3) is 0.611. The lowest BCUT2D eigenvalue weighted by Crippen LogP contribution is -2.43. The van der Waals surface area contributed by atoms with Crippen LogP contribution in [0.4, 0.5) is 5.69 Å². The monoisotopic (exact) mass is 401 g/mol. The largest absolute Gasteiger partial charge is 0.325 e. The molecule has 0 saturated heterocycles. The number of nitrogens with zero attached hydrogens (tertiary/aromatic N) is 1. The number of nitrogens with one attached hydrogen (secondary N) is 2. The molecule has 26 heavy (non-hydrogen) atoms. The summed E-state index contributed by atoms with van der Waals surface area (Å²) in [5, 5.41) is 6.20. The predicted molar refractivity (Wildman–Crippen MR) is 105 cm³/mol. The zero-order chi connectivity index (χ0) is 19.5. The minimum Gasteiger partial charge on any atom is -0.325 e. The Morgan fingerprint density at radius 3 is 2.62 bits per heavy atom. The van der Waals surface area contributed by atoms with Gasteiger partial charge in [0.15, 0.2) is 0 Å². The Hall–Kier alpha value is -1.15. The molecule has 0 aromatic heterocycles. The van der Waals surface area contributed by atoms with Gasteiger partial charge in [0.2, 0.25) is 15.9 Å². The van der Waals surface area contributed by atoms with Crippen molar-refractivity contribution in [1.82, 2.24) is 9.62 Å². The highest BCUT2D eigenvalue weighted by Gasteiger charge is 2.27. The molecule has 8 heteroatoms. The first-order chi connectivity index (χ1) is 12.1. The number of hydrogen-bond donors (Lipinski definition) is 2. The van der Waals surface area contributed by atoms with Crippen LogP contribution in [0.1, 0.15) is 33.1 Å². The minimum absolute atomic E-state index is 0.0235. The Morgan fingerprint density at radius 1 is 1.27 bits per heavy atom. The molecular weight excluding hydrogens is 374 g/mol. The molecule has 1 saturated carbocycles. The smallest absolute Gasteiger partial charge is 0.244 e. The number of sulfonamides is 1. The highest BCUT2D eigenvalue weighted by molar-refractivity contribution is 7.89. The number of benzene rings is 1. The van der Waals surface area contributed by atoms with E-state index in [1.807, 2.05) is 0 Å². The second-order valence-corrected chi connectivity index (χ2v) is 9.76. The number of hydrogen-bond acceptors (Lipinski definition) is 4. The average Bonchev–Trinajstić information content (AvgIpc) is 2.57. The fourth-order valence-electron chi connectivity index (χ4n) is 3.27. The first-order valence-corrected chi connectivity index (χ1v) is 10.7. The summed E-state index contributed by atoms with van der Waals surface area (Å²) in [4.78, 5) is 12.2. The number of halogens is 1. The van der Waals surface area contributed by atoms with E-state index in [9.17, 15) is 13.2 Å². The molecule has 2 rings (SSSR count). The van der Waals surface area contributed by atoms with Crippen LogP contribution in [0.15, 0.2) is 23.1 Å². The molecule has 146 valence electrons. The zero-order valence-corrected chi connectivity index (χ0v) is 17.3. The number of amides is 1. The number of anilines is 1. The van der Waals surface area contributed by atoms with E-state index in [0.29, 0.717) is 23.6 Å². The van der Waals surface area contributed by atoms with Crippen LogP contribution in [-0.4, -0.2) is 45.3 Å². The van der Waals surface area contributed by atoms with Crippen molar-refractivity contribution < 1.29 is 13.2 Å². The maximum absolute atomic E-state index is 12.3. The van der Waals surface area contributed by atoms with E-state index in [4.69, 9.17) is 11.6 Å². The number of rotatable bonds is 6. The van der Waals surface area contributed by atoms with E-state index in [-0.39, 0.29) is 22.4 Å². The Kier molecular flexibility index (Phi) is 7.07. The van der Waals surface area contributed by atoms with Gasteiger partial charge in [-0.2, -0.15) is 0 Å². The van der Waals surface area contributed by atoms with Gasteiger partial charge in [0.05, 0.1) is 11.6 Å². The molecule has 0 heterocycles. The van der Waals surface area contributed by atoms with Gasteiger partial charge in [-0.1, -0.05) is 38.3 Å². The molecular formula is C18H28ClN3O3S. The molecule has 0 aliphatic heterocycles. The summed E-state index contributed by atoms with van der Waals surface area (Å²) in [6.07, 6.45) is 3.48. The number of carbonyl (C=O) groups is 1. The van der Waals surface area contributed by atoms with Gasteiger partial charge < -0.3 is 10.6 Å². The van der Waals surface area contributed by atoms with Crippen LogP contribution in [0.3, 0.4) is 0 Å². The van der Waals surface area contributed by atoms with E-state index < -0.39 is 10.0 Å². The lowest BCUT2D eigenvalue weighted by Gasteiger charge is -2.34. The van der Waals surface area contributed by atoms with Crippen molar-refractivity contribution in [3.05, 3.63) is 23.2 Å². The van der Waals surface area contributed by atoms with Gasteiger partial charge in [-0.15, -0.1) is 0 Å². The molecule has 1 amide bonds. The summed E-state index contributed by atoms with van der Waals surface area (Å²) >= 11 is 6.02. The fourth-order valence-corrected chi connectivity index (χ4v) is 4.67. The van der Waals surface area contributed by atoms with E-state index in [2.05, 4.69) is 24.5 Å². The maximum Gasteiger partial charge on any atom is 0.244 e. The average molecular weight is 402 g/mol. The van der Waals surface area contributed by atoms with Gasteiger partial charge >= 0.3 is 0 Å². The summed E-state index contributed by atoms with van der Waals surface area (Å²) in [7, 11) is -0.799. The summed E-state index contributed by atoms with van der Waals surface area (Å²) in [6.45, 7) is 4.66. The zero-order valence-electron chi connectivity index (χ0n) is 15.8. The topological polar surface area (TPSA) is 78.5 Å². The molecule has 0 bridgehead atoms. The minimum atomic E-state index is -3.67. The van der Waals surface area contributed by atoms with E-state index in [0.717, 1.165) is 10.7 Å². The quantitative estimate of drug-likeness (QED) is 0.768. The molecule has 0 spiro atoms. The van der Waals surface area contributed by atoms with Crippen molar-refractivity contribution in [2.24, 2.45) is 11.8 Å². The normalized spacial score (nSPS) is 23.8. The van der Waals surface area contributed by atoms with Crippen LogP contribution >= 0.6 is 11.6 Å². The second-order valence-electron chi connectivity index (χ2n) is 7.24. The van der Waals surface area contributed by atoms with E-state index in [1.165, 1.54) is 39.1 Å². The van der Waals surface area contributed by atoms with Crippen molar-refractivity contribution in [2.45, 2.75) is 44.0 Å². The van der Waals surface area contributed by atoms with Gasteiger partial charge in [-0.3, -0.25) is 4.79 Å². The van der Waals surface area contributed by atoms with E-state index >= 15 is 0 Å². The standard InChI is InChI=1S/C18H28ClN3O3S/c1-12-6-5-7-16(13(12)2)20-11-18(23)21-14-8-9-15(19)17(10-14)26(24,25)22(3)4/h8-10,12-13,16,20H,5-7,11H2,1-4H3,(H,21,23). The van der Waals surface area contributed by atoms with Gasteiger partial charge in [-0.05, 0) is 36.5 Å². The third-order valence-corrected chi connectivity index (χ3v) is 7.50.